The van der Waals surface area contributed by atoms with Gasteiger partial charge in [0.25, 0.3) is 11.6 Å². The number of hydrogen-bond acceptors (Lipinski definition) is 5. The molecule has 0 bridgehead atoms. The summed E-state index contributed by atoms with van der Waals surface area (Å²) in [4.78, 5) is 38.7. The molecule has 8 nitrogen and oxygen atoms in total. The van der Waals surface area contributed by atoms with Gasteiger partial charge in [0.2, 0.25) is 5.91 Å². The molecular weight excluding hydrogens is 480 g/mol. The fraction of sp³-hybridized carbons (Fsp3) is 0.267. The smallest absolute Gasteiger partial charge is 0.269 e. The van der Waals surface area contributed by atoms with Gasteiger partial charge in [0.1, 0.15) is 0 Å². The van der Waals surface area contributed by atoms with Crippen LogP contribution in [0.4, 0.5) is 17.1 Å². The highest BCUT2D eigenvalue weighted by molar-refractivity contribution is 6.05. The molecule has 1 aliphatic rings. The lowest BCUT2D eigenvalue weighted by Gasteiger charge is -2.33. The molecule has 4 rings (SSSR count). The second-order valence-electron chi connectivity index (χ2n) is 9.68. The van der Waals surface area contributed by atoms with E-state index in [0.717, 1.165) is 37.2 Å². The number of nitrogens with one attached hydrogen (secondary N) is 2. The molecule has 0 saturated carbocycles. The maximum Gasteiger partial charge on any atom is 0.269 e. The number of non-ortho nitro benzene ring substituents is 1. The number of piperidine rings is 1. The second kappa shape index (κ2) is 12.2. The highest BCUT2D eigenvalue weighted by atomic mass is 16.6. The molecule has 0 radical (unpaired) electrons. The van der Waals surface area contributed by atoms with Crippen LogP contribution in [0.3, 0.4) is 0 Å². The zero-order valence-electron chi connectivity index (χ0n) is 21.6. The number of anilines is 2. The van der Waals surface area contributed by atoms with E-state index in [2.05, 4.69) is 22.5 Å². The Labute approximate surface area is 222 Å². The van der Waals surface area contributed by atoms with Gasteiger partial charge in [-0.2, -0.15) is 0 Å². The van der Waals surface area contributed by atoms with Gasteiger partial charge in [-0.3, -0.25) is 19.7 Å². The van der Waals surface area contributed by atoms with Crippen LogP contribution in [0.5, 0.6) is 0 Å². The zero-order chi connectivity index (χ0) is 27.1. The Hall–Kier alpha value is -4.46. The number of nitro groups is 1. The summed E-state index contributed by atoms with van der Waals surface area (Å²) in [6.07, 6.45) is 5.07. The van der Waals surface area contributed by atoms with E-state index in [9.17, 15) is 19.7 Å². The van der Waals surface area contributed by atoms with Crippen molar-refractivity contribution in [2.45, 2.75) is 32.7 Å². The van der Waals surface area contributed by atoms with Crippen molar-refractivity contribution in [3.8, 4) is 0 Å². The number of nitro benzene ring substituents is 1. The van der Waals surface area contributed by atoms with Crippen LogP contribution >= 0.6 is 0 Å². The molecule has 1 aliphatic heterocycles. The van der Waals surface area contributed by atoms with Crippen molar-refractivity contribution in [2.75, 3.05) is 23.3 Å². The maximum absolute atomic E-state index is 13.5. The minimum Gasteiger partial charge on any atom is -0.371 e. The van der Waals surface area contributed by atoms with E-state index >= 15 is 0 Å². The van der Waals surface area contributed by atoms with Gasteiger partial charge in [-0.25, -0.2) is 0 Å². The van der Waals surface area contributed by atoms with Crippen molar-refractivity contribution in [3.05, 3.63) is 106 Å². The summed E-state index contributed by atoms with van der Waals surface area (Å²) in [5.41, 5.74) is 3.54. The number of amides is 2. The molecule has 0 spiro atoms. The monoisotopic (exact) mass is 512 g/mol. The van der Waals surface area contributed by atoms with Crippen LogP contribution in [0.25, 0.3) is 6.08 Å². The lowest BCUT2D eigenvalue weighted by molar-refractivity contribution is -0.384. The number of benzene rings is 3. The van der Waals surface area contributed by atoms with Crippen molar-refractivity contribution < 1.29 is 14.5 Å². The van der Waals surface area contributed by atoms with Gasteiger partial charge in [0.15, 0.2) is 0 Å². The average Bonchev–Trinajstić information content (AvgIpc) is 2.93. The summed E-state index contributed by atoms with van der Waals surface area (Å²) in [6.45, 7) is 5.94. The lowest BCUT2D eigenvalue weighted by Crippen LogP contribution is -2.35. The molecule has 1 fully saturated rings. The van der Waals surface area contributed by atoms with Gasteiger partial charge >= 0.3 is 0 Å². The molecule has 1 atom stereocenters. The molecule has 0 unspecified atom stereocenters. The fourth-order valence-electron chi connectivity index (χ4n) is 4.48. The maximum atomic E-state index is 13.5. The Bertz CT molecular complexity index is 1310. The Morgan fingerprint density at radius 1 is 1.03 bits per heavy atom. The van der Waals surface area contributed by atoms with E-state index in [-0.39, 0.29) is 23.5 Å². The van der Waals surface area contributed by atoms with E-state index in [1.54, 1.807) is 24.3 Å². The topological polar surface area (TPSA) is 105 Å². The van der Waals surface area contributed by atoms with E-state index in [0.29, 0.717) is 22.7 Å². The van der Waals surface area contributed by atoms with Crippen LogP contribution < -0.4 is 15.5 Å². The standard InChI is InChI=1S/C30H32N4O4/c1-21-16-18-33(19-17-21)28-14-11-25(20-27(28)30(36)31-22(2)24-6-4-3-5-7-24)32-29(35)15-10-23-8-12-26(13-9-23)34(37)38/h3-15,20-22H,16-19H2,1-2H3,(H,31,36)(H,32,35)/b15-10+/t22-/m1/s1. The number of rotatable bonds is 8. The first-order valence-electron chi connectivity index (χ1n) is 12.8. The van der Waals surface area contributed by atoms with Crippen molar-refractivity contribution in [1.29, 1.82) is 0 Å². The molecule has 196 valence electrons. The molecule has 1 saturated heterocycles. The zero-order valence-corrected chi connectivity index (χ0v) is 21.6. The molecule has 2 N–H and O–H groups in total. The van der Waals surface area contributed by atoms with E-state index in [1.165, 1.54) is 18.2 Å². The summed E-state index contributed by atoms with van der Waals surface area (Å²) in [5.74, 6) is 0.0853. The van der Waals surface area contributed by atoms with Crippen molar-refractivity contribution in [3.63, 3.8) is 0 Å². The first-order valence-corrected chi connectivity index (χ1v) is 12.8. The van der Waals surface area contributed by atoms with Crippen LogP contribution in [0.2, 0.25) is 0 Å². The van der Waals surface area contributed by atoms with Gasteiger partial charge in [0.05, 0.1) is 16.5 Å². The van der Waals surface area contributed by atoms with E-state index in [1.807, 2.05) is 49.4 Å². The molecule has 0 aliphatic carbocycles. The van der Waals surface area contributed by atoms with Crippen molar-refractivity contribution in [1.82, 2.24) is 5.32 Å². The minimum absolute atomic E-state index is 0.0118. The Morgan fingerprint density at radius 3 is 2.37 bits per heavy atom. The van der Waals surface area contributed by atoms with Gasteiger partial charge in [-0.05, 0) is 73.2 Å². The molecular formula is C30H32N4O4. The predicted molar refractivity (Wildman–Crippen MR) is 150 cm³/mol. The predicted octanol–water partition coefficient (Wildman–Crippen LogP) is 5.97. The lowest BCUT2D eigenvalue weighted by atomic mass is 9.97. The Morgan fingerprint density at radius 2 is 1.71 bits per heavy atom. The minimum atomic E-state index is -0.470. The third-order valence-corrected chi connectivity index (χ3v) is 6.81. The summed E-state index contributed by atoms with van der Waals surface area (Å²) < 4.78 is 0. The third-order valence-electron chi connectivity index (χ3n) is 6.81. The quantitative estimate of drug-likeness (QED) is 0.220. The van der Waals surface area contributed by atoms with Gasteiger partial charge < -0.3 is 15.5 Å². The summed E-state index contributed by atoms with van der Waals surface area (Å²) >= 11 is 0. The number of hydrogen-bond donors (Lipinski definition) is 2. The first kappa shape index (κ1) is 26.6. The SMILES string of the molecule is CC1CCN(c2ccc(NC(=O)/C=C/c3ccc([N+](=O)[O-])cc3)cc2C(=O)N[C@H](C)c2ccccc2)CC1. The van der Waals surface area contributed by atoms with E-state index in [4.69, 9.17) is 0 Å². The molecule has 3 aromatic carbocycles. The molecule has 2 amide bonds. The number of carbonyl (C=O) groups is 2. The van der Waals surface area contributed by atoms with Gasteiger partial charge in [-0.15, -0.1) is 0 Å². The van der Waals surface area contributed by atoms with Crippen LogP contribution in [0.1, 0.15) is 54.2 Å². The van der Waals surface area contributed by atoms with Crippen molar-refractivity contribution in [2.24, 2.45) is 5.92 Å². The van der Waals surface area contributed by atoms with Crippen LogP contribution in [0.15, 0.2) is 78.9 Å². The highest BCUT2D eigenvalue weighted by Crippen LogP contribution is 2.29. The van der Waals surface area contributed by atoms with Crippen LogP contribution in [-0.2, 0) is 4.79 Å². The van der Waals surface area contributed by atoms with Crippen molar-refractivity contribution >= 4 is 35.0 Å². The fourth-order valence-corrected chi connectivity index (χ4v) is 4.48. The van der Waals surface area contributed by atoms with Gasteiger partial charge in [0, 0.05) is 42.7 Å². The normalized spacial score (nSPS) is 14.7. The molecule has 0 aromatic heterocycles. The van der Waals surface area contributed by atoms with E-state index < -0.39 is 4.92 Å². The second-order valence-corrected chi connectivity index (χ2v) is 9.68. The van der Waals surface area contributed by atoms with Crippen LogP contribution in [0, 0.1) is 16.0 Å². The number of carbonyl (C=O) groups excluding carboxylic acids is 2. The first-order chi connectivity index (χ1) is 18.3. The molecule has 38 heavy (non-hydrogen) atoms. The summed E-state index contributed by atoms with van der Waals surface area (Å²) in [6, 6.07) is 21.0. The third kappa shape index (κ3) is 6.85. The summed E-state index contributed by atoms with van der Waals surface area (Å²) in [5, 5.41) is 16.7. The largest absolute Gasteiger partial charge is 0.371 e. The Kier molecular flexibility index (Phi) is 8.53. The Balaban J connectivity index is 1.52. The molecule has 1 heterocycles. The highest BCUT2D eigenvalue weighted by Gasteiger charge is 2.23. The van der Waals surface area contributed by atoms with Gasteiger partial charge in [-0.1, -0.05) is 37.3 Å². The molecule has 3 aromatic rings. The van der Waals surface area contributed by atoms with Crippen LogP contribution in [-0.4, -0.2) is 29.8 Å². The average molecular weight is 513 g/mol. The number of nitrogens with zero attached hydrogens (tertiary/aromatic N) is 2. The molecule has 8 heteroatoms. The summed E-state index contributed by atoms with van der Waals surface area (Å²) in [7, 11) is 0.